The van der Waals surface area contributed by atoms with Crippen LogP contribution in [0.2, 0.25) is 0 Å². The highest BCUT2D eigenvalue weighted by atomic mass is 16.5. The zero-order chi connectivity index (χ0) is 18.0. The number of ketones is 1. The maximum absolute atomic E-state index is 13.0. The van der Waals surface area contributed by atoms with Gasteiger partial charge in [-0.05, 0) is 68.1 Å². The number of aliphatic hydroxyl groups excluding tert-OH is 1. The lowest BCUT2D eigenvalue weighted by Crippen LogP contribution is -2.50. The predicted molar refractivity (Wildman–Crippen MR) is 93.7 cm³/mol. The number of rotatable bonds is 1. The SMILES string of the molecule is CC(=O)O[C@@H]1C[C@H]2[C@@H]3CC=C4CC(O)CC[C@]4(C)[C@H]3CC[C@]2(C)C1=O. The molecular weight excluding hydrogens is 316 g/mol. The van der Waals surface area contributed by atoms with E-state index in [9.17, 15) is 14.7 Å². The van der Waals surface area contributed by atoms with Gasteiger partial charge in [0.25, 0.3) is 0 Å². The quantitative estimate of drug-likeness (QED) is 0.584. The molecule has 0 bridgehead atoms. The van der Waals surface area contributed by atoms with E-state index in [4.69, 9.17) is 4.74 Å². The van der Waals surface area contributed by atoms with E-state index in [2.05, 4.69) is 19.9 Å². The standard InChI is InChI=1S/C21H30O4/c1-12(22)25-18-11-17-15-5-4-13-10-14(23)6-8-20(13,2)16(15)7-9-21(17,3)19(18)24/h4,14-18,23H,5-11H2,1-3H3/t14?,15-,16+,17+,18-,20+,21+/m1/s1. The van der Waals surface area contributed by atoms with E-state index in [0.29, 0.717) is 24.2 Å². The first-order chi connectivity index (χ1) is 11.8. The monoisotopic (exact) mass is 346 g/mol. The number of esters is 1. The Balaban J connectivity index is 1.64. The molecule has 0 aromatic carbocycles. The summed E-state index contributed by atoms with van der Waals surface area (Å²) >= 11 is 0. The fourth-order valence-corrected chi connectivity index (χ4v) is 6.71. The molecule has 3 saturated carbocycles. The van der Waals surface area contributed by atoms with Gasteiger partial charge >= 0.3 is 5.97 Å². The van der Waals surface area contributed by atoms with Crippen molar-refractivity contribution in [1.82, 2.24) is 0 Å². The minimum Gasteiger partial charge on any atom is -0.455 e. The summed E-state index contributed by atoms with van der Waals surface area (Å²) in [4.78, 5) is 24.4. The predicted octanol–water partition coefficient (Wildman–Crippen LogP) is 3.42. The summed E-state index contributed by atoms with van der Waals surface area (Å²) in [5.41, 5.74) is 1.28. The number of allylic oxidation sites excluding steroid dienone is 1. The van der Waals surface area contributed by atoms with Gasteiger partial charge in [-0.25, -0.2) is 0 Å². The summed E-state index contributed by atoms with van der Waals surface area (Å²) < 4.78 is 5.37. The van der Waals surface area contributed by atoms with Crippen molar-refractivity contribution >= 4 is 11.8 Å². The molecule has 0 aliphatic heterocycles. The van der Waals surface area contributed by atoms with E-state index in [0.717, 1.165) is 38.5 Å². The van der Waals surface area contributed by atoms with Gasteiger partial charge in [-0.15, -0.1) is 0 Å². The van der Waals surface area contributed by atoms with Crippen LogP contribution in [0.4, 0.5) is 0 Å². The van der Waals surface area contributed by atoms with Crippen molar-refractivity contribution in [3.63, 3.8) is 0 Å². The van der Waals surface area contributed by atoms with Crippen molar-refractivity contribution in [2.45, 2.75) is 77.9 Å². The average molecular weight is 346 g/mol. The maximum atomic E-state index is 13.0. The fraction of sp³-hybridized carbons (Fsp3) is 0.810. The topological polar surface area (TPSA) is 63.6 Å². The third-order valence-corrected chi connectivity index (χ3v) is 8.10. The summed E-state index contributed by atoms with van der Waals surface area (Å²) in [5.74, 6) is 1.18. The Kier molecular flexibility index (Phi) is 3.91. The molecule has 4 aliphatic carbocycles. The second kappa shape index (κ2) is 5.67. The molecular formula is C21H30O4. The smallest absolute Gasteiger partial charge is 0.303 e. The Morgan fingerprint density at radius 3 is 2.64 bits per heavy atom. The minimum absolute atomic E-state index is 0.144. The normalized spacial score (nSPS) is 48.9. The number of ether oxygens (including phenoxy) is 1. The number of hydrogen-bond acceptors (Lipinski definition) is 4. The molecule has 0 aromatic rings. The molecule has 4 nitrogen and oxygen atoms in total. The second-order valence-corrected chi connectivity index (χ2v) is 9.31. The van der Waals surface area contributed by atoms with E-state index in [1.165, 1.54) is 12.5 Å². The number of Topliss-reactive ketones (excluding diaryl/α,β-unsaturated/α-hetero) is 1. The lowest BCUT2D eigenvalue weighted by molar-refractivity contribution is -0.153. The van der Waals surface area contributed by atoms with Gasteiger partial charge in [0.2, 0.25) is 0 Å². The van der Waals surface area contributed by atoms with E-state index in [-0.39, 0.29) is 28.7 Å². The molecule has 1 unspecified atom stereocenters. The van der Waals surface area contributed by atoms with E-state index in [1.54, 1.807) is 0 Å². The number of carbonyl (C=O) groups excluding carboxylic acids is 2. The highest BCUT2D eigenvalue weighted by molar-refractivity contribution is 5.92. The van der Waals surface area contributed by atoms with Crippen LogP contribution in [0.3, 0.4) is 0 Å². The second-order valence-electron chi connectivity index (χ2n) is 9.31. The number of aliphatic hydroxyl groups is 1. The molecule has 0 aromatic heterocycles. The fourth-order valence-electron chi connectivity index (χ4n) is 6.71. The van der Waals surface area contributed by atoms with Gasteiger partial charge in [0, 0.05) is 12.3 Å². The van der Waals surface area contributed by atoms with Crippen molar-refractivity contribution in [2.75, 3.05) is 0 Å². The van der Waals surface area contributed by atoms with E-state index in [1.807, 2.05) is 0 Å². The van der Waals surface area contributed by atoms with Crippen molar-refractivity contribution in [1.29, 1.82) is 0 Å². The molecule has 0 radical (unpaired) electrons. The van der Waals surface area contributed by atoms with Crippen LogP contribution < -0.4 is 0 Å². The molecule has 4 aliphatic rings. The van der Waals surface area contributed by atoms with Crippen molar-refractivity contribution in [3.8, 4) is 0 Å². The number of fused-ring (bicyclic) bond motifs is 5. The van der Waals surface area contributed by atoms with Gasteiger partial charge < -0.3 is 9.84 Å². The Hall–Kier alpha value is -1.16. The van der Waals surface area contributed by atoms with Crippen molar-refractivity contribution in [2.24, 2.45) is 28.6 Å². The van der Waals surface area contributed by atoms with Gasteiger partial charge in [0.1, 0.15) is 0 Å². The van der Waals surface area contributed by atoms with Crippen LogP contribution in [0.5, 0.6) is 0 Å². The molecule has 3 fully saturated rings. The third-order valence-electron chi connectivity index (χ3n) is 8.10. The van der Waals surface area contributed by atoms with Crippen LogP contribution >= 0.6 is 0 Å². The van der Waals surface area contributed by atoms with E-state index >= 15 is 0 Å². The zero-order valence-corrected chi connectivity index (χ0v) is 15.6. The van der Waals surface area contributed by atoms with Crippen LogP contribution in [-0.2, 0) is 14.3 Å². The van der Waals surface area contributed by atoms with Crippen LogP contribution in [0.1, 0.15) is 65.7 Å². The van der Waals surface area contributed by atoms with Gasteiger partial charge in [0.15, 0.2) is 11.9 Å². The Bertz CT molecular complexity index is 638. The highest BCUT2D eigenvalue weighted by Gasteiger charge is 2.61. The molecule has 25 heavy (non-hydrogen) atoms. The summed E-state index contributed by atoms with van der Waals surface area (Å²) in [5, 5.41) is 10.1. The molecule has 4 rings (SSSR count). The average Bonchev–Trinajstić information content (AvgIpc) is 2.79. The van der Waals surface area contributed by atoms with Crippen LogP contribution in [0, 0.1) is 28.6 Å². The molecule has 0 spiro atoms. The van der Waals surface area contributed by atoms with Gasteiger partial charge in [-0.3, -0.25) is 9.59 Å². The Labute approximate surface area is 150 Å². The first-order valence-corrected chi connectivity index (χ1v) is 9.85. The maximum Gasteiger partial charge on any atom is 0.303 e. The number of carbonyl (C=O) groups is 2. The molecule has 7 atom stereocenters. The molecule has 0 saturated heterocycles. The zero-order valence-electron chi connectivity index (χ0n) is 15.6. The summed E-state index contributed by atoms with van der Waals surface area (Å²) in [6.45, 7) is 5.88. The molecule has 138 valence electrons. The summed E-state index contributed by atoms with van der Waals surface area (Å²) in [7, 11) is 0. The van der Waals surface area contributed by atoms with E-state index < -0.39 is 6.10 Å². The molecule has 1 N–H and O–H groups in total. The van der Waals surface area contributed by atoms with Gasteiger partial charge in [-0.1, -0.05) is 25.5 Å². The van der Waals surface area contributed by atoms with Crippen molar-refractivity contribution < 1.29 is 19.4 Å². The number of hydrogen-bond donors (Lipinski definition) is 1. The lowest BCUT2D eigenvalue weighted by atomic mass is 9.48. The molecule has 4 heteroatoms. The van der Waals surface area contributed by atoms with Gasteiger partial charge in [0.05, 0.1) is 6.10 Å². The lowest BCUT2D eigenvalue weighted by Gasteiger charge is -2.56. The summed E-state index contributed by atoms with van der Waals surface area (Å²) in [6, 6.07) is 0. The highest BCUT2D eigenvalue weighted by Crippen LogP contribution is 2.64. The molecule has 0 heterocycles. The first-order valence-electron chi connectivity index (χ1n) is 9.85. The van der Waals surface area contributed by atoms with Crippen LogP contribution in [-0.4, -0.2) is 29.1 Å². The minimum atomic E-state index is -0.544. The third kappa shape index (κ3) is 2.43. The molecule has 0 amide bonds. The van der Waals surface area contributed by atoms with Crippen molar-refractivity contribution in [3.05, 3.63) is 11.6 Å². The first kappa shape index (κ1) is 17.3. The van der Waals surface area contributed by atoms with Crippen LogP contribution in [0.25, 0.3) is 0 Å². The largest absolute Gasteiger partial charge is 0.455 e. The Morgan fingerprint density at radius 2 is 1.92 bits per heavy atom. The van der Waals surface area contributed by atoms with Crippen LogP contribution in [0.15, 0.2) is 11.6 Å². The summed E-state index contributed by atoms with van der Waals surface area (Å²) in [6.07, 6.45) is 8.04. The Morgan fingerprint density at radius 1 is 1.20 bits per heavy atom. The van der Waals surface area contributed by atoms with Gasteiger partial charge in [-0.2, -0.15) is 0 Å².